The van der Waals surface area contributed by atoms with Crippen molar-refractivity contribution < 1.29 is 9.59 Å². The van der Waals surface area contributed by atoms with Crippen LogP contribution in [0.15, 0.2) is 24.4 Å². The second-order valence-corrected chi connectivity index (χ2v) is 6.76. The first-order valence-electron chi connectivity index (χ1n) is 8.31. The molecule has 1 fully saturated rings. The molecule has 0 bridgehead atoms. The van der Waals surface area contributed by atoms with Gasteiger partial charge in [0.2, 0.25) is 0 Å². The summed E-state index contributed by atoms with van der Waals surface area (Å²) in [6.45, 7) is 6.50. The van der Waals surface area contributed by atoms with Gasteiger partial charge in [-0.2, -0.15) is 0 Å². The maximum Gasteiger partial charge on any atom is 0.317 e. The number of aryl methyl sites for hydroxylation is 1. The number of nitrogens with one attached hydrogen (secondary N) is 1. The molecule has 0 radical (unpaired) electrons. The highest BCUT2D eigenvalue weighted by molar-refractivity contribution is 7.17. The third kappa shape index (κ3) is 3.79. The summed E-state index contributed by atoms with van der Waals surface area (Å²) in [6, 6.07) is 5.57. The van der Waals surface area contributed by atoms with Crippen molar-refractivity contribution in [2.24, 2.45) is 0 Å². The summed E-state index contributed by atoms with van der Waals surface area (Å²) >= 11 is 1.37. The van der Waals surface area contributed by atoms with Crippen molar-refractivity contribution in [3.8, 4) is 10.7 Å². The van der Waals surface area contributed by atoms with Crippen molar-refractivity contribution in [2.45, 2.75) is 13.8 Å². The molecule has 3 heterocycles. The summed E-state index contributed by atoms with van der Waals surface area (Å²) in [6.07, 6.45) is 1.72. The van der Waals surface area contributed by atoms with E-state index in [1.54, 1.807) is 16.0 Å². The molecular weight excluding hydrogens is 338 g/mol. The van der Waals surface area contributed by atoms with Gasteiger partial charge >= 0.3 is 6.03 Å². The number of amides is 3. The average molecular weight is 359 g/mol. The Balaban J connectivity index is 1.68. The molecular formula is C17H21N5O2S. The molecule has 7 nitrogen and oxygen atoms in total. The van der Waals surface area contributed by atoms with E-state index in [4.69, 9.17) is 0 Å². The van der Waals surface area contributed by atoms with E-state index in [1.165, 1.54) is 11.3 Å². The predicted octanol–water partition coefficient (Wildman–Crippen LogP) is 2.00. The van der Waals surface area contributed by atoms with E-state index in [1.807, 2.05) is 32.0 Å². The van der Waals surface area contributed by atoms with E-state index in [0.717, 1.165) is 16.4 Å². The van der Waals surface area contributed by atoms with Crippen LogP contribution < -0.4 is 5.32 Å². The Morgan fingerprint density at radius 1 is 1.20 bits per heavy atom. The van der Waals surface area contributed by atoms with Gasteiger partial charge in [0.1, 0.15) is 9.88 Å². The van der Waals surface area contributed by atoms with Gasteiger partial charge in [0, 0.05) is 38.9 Å². The molecule has 2 aromatic heterocycles. The van der Waals surface area contributed by atoms with Gasteiger partial charge in [-0.25, -0.2) is 9.78 Å². The van der Waals surface area contributed by atoms with Crippen molar-refractivity contribution in [1.29, 1.82) is 0 Å². The highest BCUT2D eigenvalue weighted by Crippen LogP contribution is 2.27. The van der Waals surface area contributed by atoms with Crippen LogP contribution >= 0.6 is 11.3 Å². The molecule has 8 heteroatoms. The summed E-state index contributed by atoms with van der Waals surface area (Å²) in [5, 5.41) is 3.54. The second-order valence-electron chi connectivity index (χ2n) is 5.76. The predicted molar refractivity (Wildman–Crippen MR) is 96.6 cm³/mol. The zero-order valence-electron chi connectivity index (χ0n) is 14.4. The smallest absolute Gasteiger partial charge is 0.317 e. The van der Waals surface area contributed by atoms with Crippen molar-refractivity contribution >= 4 is 23.3 Å². The van der Waals surface area contributed by atoms with E-state index in [2.05, 4.69) is 15.3 Å². The number of piperazine rings is 1. The molecule has 0 saturated carbocycles. The molecule has 0 unspecified atom stereocenters. The molecule has 132 valence electrons. The molecule has 0 aromatic carbocycles. The van der Waals surface area contributed by atoms with E-state index >= 15 is 0 Å². The number of pyridine rings is 1. The molecule has 1 saturated heterocycles. The van der Waals surface area contributed by atoms with Crippen molar-refractivity contribution in [2.75, 3.05) is 32.7 Å². The van der Waals surface area contributed by atoms with Gasteiger partial charge < -0.3 is 15.1 Å². The van der Waals surface area contributed by atoms with Gasteiger partial charge in [0.05, 0.1) is 11.4 Å². The first-order chi connectivity index (χ1) is 12.1. The molecule has 0 aliphatic carbocycles. The molecule has 0 spiro atoms. The van der Waals surface area contributed by atoms with Crippen LogP contribution in [0.1, 0.15) is 22.3 Å². The van der Waals surface area contributed by atoms with E-state index in [-0.39, 0.29) is 11.9 Å². The van der Waals surface area contributed by atoms with Crippen LogP contribution in [-0.4, -0.2) is 64.4 Å². The van der Waals surface area contributed by atoms with Crippen molar-refractivity contribution in [1.82, 2.24) is 25.1 Å². The van der Waals surface area contributed by atoms with E-state index < -0.39 is 0 Å². The van der Waals surface area contributed by atoms with Crippen LogP contribution in [0.2, 0.25) is 0 Å². The van der Waals surface area contributed by atoms with E-state index in [0.29, 0.717) is 37.6 Å². The number of hydrogen-bond donors (Lipinski definition) is 1. The highest BCUT2D eigenvalue weighted by atomic mass is 32.1. The van der Waals surface area contributed by atoms with Crippen LogP contribution in [0.25, 0.3) is 10.7 Å². The molecule has 3 amide bonds. The first kappa shape index (κ1) is 17.3. The lowest BCUT2D eigenvalue weighted by Crippen LogP contribution is -2.53. The Bertz CT molecular complexity index is 754. The summed E-state index contributed by atoms with van der Waals surface area (Å²) in [5.41, 5.74) is 1.50. The molecule has 3 rings (SSSR count). The van der Waals surface area contributed by atoms with Crippen LogP contribution in [0, 0.1) is 6.92 Å². The molecule has 1 aliphatic heterocycles. The minimum absolute atomic E-state index is 0.0206. The van der Waals surface area contributed by atoms with Crippen LogP contribution in [0.4, 0.5) is 4.79 Å². The van der Waals surface area contributed by atoms with Crippen LogP contribution in [-0.2, 0) is 0 Å². The number of rotatable bonds is 3. The number of carbonyl (C=O) groups is 2. The van der Waals surface area contributed by atoms with Gasteiger partial charge in [0.25, 0.3) is 5.91 Å². The van der Waals surface area contributed by atoms with Gasteiger partial charge in [-0.15, -0.1) is 11.3 Å². The monoisotopic (exact) mass is 359 g/mol. The number of aromatic nitrogens is 2. The normalized spacial score (nSPS) is 14.5. The lowest BCUT2D eigenvalue weighted by atomic mass is 10.3. The topological polar surface area (TPSA) is 78.4 Å². The maximum absolute atomic E-state index is 12.8. The Hall–Kier alpha value is -2.48. The van der Waals surface area contributed by atoms with Crippen molar-refractivity contribution in [3.63, 3.8) is 0 Å². The fraction of sp³-hybridized carbons (Fsp3) is 0.412. The number of nitrogens with zero attached hydrogens (tertiary/aromatic N) is 4. The number of hydrogen-bond acceptors (Lipinski definition) is 5. The molecule has 2 aromatic rings. The summed E-state index contributed by atoms with van der Waals surface area (Å²) in [5.74, 6) is -0.0206. The van der Waals surface area contributed by atoms with Crippen molar-refractivity contribution in [3.05, 3.63) is 35.0 Å². The SMILES string of the molecule is CCNC(=O)N1CCN(C(=O)c2sc(-c3ccccn3)nc2C)CC1. The van der Waals surface area contributed by atoms with E-state index in [9.17, 15) is 9.59 Å². The van der Waals surface area contributed by atoms with Crippen LogP contribution in [0.5, 0.6) is 0 Å². The summed E-state index contributed by atoms with van der Waals surface area (Å²) in [7, 11) is 0. The minimum atomic E-state index is -0.0685. The standard InChI is InChI=1S/C17H21N5O2S/c1-3-18-17(24)22-10-8-21(9-11-22)16(23)14-12(2)20-15(25-14)13-6-4-5-7-19-13/h4-7H,3,8-11H2,1-2H3,(H,18,24). The lowest BCUT2D eigenvalue weighted by molar-refractivity contribution is 0.0669. The molecule has 0 atom stereocenters. The zero-order valence-corrected chi connectivity index (χ0v) is 15.2. The quantitative estimate of drug-likeness (QED) is 0.909. The average Bonchev–Trinajstić information content (AvgIpc) is 3.04. The highest BCUT2D eigenvalue weighted by Gasteiger charge is 2.27. The summed E-state index contributed by atoms with van der Waals surface area (Å²) < 4.78 is 0. The summed E-state index contributed by atoms with van der Waals surface area (Å²) in [4.78, 5) is 37.6. The molecule has 25 heavy (non-hydrogen) atoms. The number of thiazole rings is 1. The fourth-order valence-electron chi connectivity index (χ4n) is 2.71. The Morgan fingerprint density at radius 2 is 1.92 bits per heavy atom. The second kappa shape index (κ2) is 7.60. The number of carbonyl (C=O) groups excluding carboxylic acids is 2. The van der Waals surface area contributed by atoms with Gasteiger partial charge in [-0.3, -0.25) is 9.78 Å². The largest absolute Gasteiger partial charge is 0.338 e. The molecule has 1 N–H and O–H groups in total. The third-order valence-electron chi connectivity index (χ3n) is 4.06. The lowest BCUT2D eigenvalue weighted by Gasteiger charge is -2.34. The van der Waals surface area contributed by atoms with Gasteiger partial charge in [0.15, 0.2) is 0 Å². The Labute approximate surface area is 150 Å². The maximum atomic E-state index is 12.8. The Kier molecular flexibility index (Phi) is 5.28. The van der Waals surface area contributed by atoms with Gasteiger partial charge in [-0.05, 0) is 26.0 Å². The van der Waals surface area contributed by atoms with Gasteiger partial charge in [-0.1, -0.05) is 6.07 Å². The van der Waals surface area contributed by atoms with Crippen LogP contribution in [0.3, 0.4) is 0 Å². The fourth-order valence-corrected chi connectivity index (χ4v) is 3.72. The number of urea groups is 1. The minimum Gasteiger partial charge on any atom is -0.338 e. The zero-order chi connectivity index (χ0) is 17.8. The Morgan fingerprint density at radius 3 is 2.56 bits per heavy atom. The first-order valence-corrected chi connectivity index (χ1v) is 9.12. The molecule has 1 aliphatic rings. The third-order valence-corrected chi connectivity index (χ3v) is 5.22.